The molecule has 0 spiro atoms. The fourth-order valence-electron chi connectivity index (χ4n) is 0.584. The average molecular weight is 216 g/mol. The van der Waals surface area contributed by atoms with E-state index in [0.29, 0.717) is 5.56 Å². The molecule has 0 radical (unpaired) electrons. The van der Waals surface area contributed by atoms with E-state index in [4.69, 9.17) is 0 Å². The van der Waals surface area contributed by atoms with E-state index < -0.39 is 0 Å². The van der Waals surface area contributed by atoms with Crippen molar-refractivity contribution in [3.8, 4) is 0 Å². The Hall–Kier alpha value is -0.700. The first kappa shape index (κ1) is 10.3. The topological polar surface area (TPSA) is 30.0 Å². The van der Waals surface area contributed by atoms with Gasteiger partial charge in [-0.15, -0.1) is 0 Å². The molecule has 1 heterocycles. The van der Waals surface area contributed by atoms with Crippen LogP contribution in [-0.4, -0.2) is 10.8 Å². The van der Waals surface area contributed by atoms with Crippen molar-refractivity contribution in [3.05, 3.63) is 28.5 Å². The lowest BCUT2D eigenvalue weighted by molar-refractivity contribution is 0.101. The van der Waals surface area contributed by atoms with Gasteiger partial charge < -0.3 is 0 Å². The summed E-state index contributed by atoms with van der Waals surface area (Å²) in [6.45, 7) is 1.52. The molecular weight excluding hydrogens is 206 g/mol. The highest BCUT2D eigenvalue weighted by Crippen LogP contribution is 2.06. The zero-order chi connectivity index (χ0) is 7.56. The number of halogens is 1. The van der Waals surface area contributed by atoms with Gasteiger partial charge in [-0.25, -0.2) is 4.98 Å². The van der Waals surface area contributed by atoms with Crippen molar-refractivity contribution in [2.75, 3.05) is 0 Å². The molecule has 0 saturated carbocycles. The van der Waals surface area contributed by atoms with Crippen LogP contribution in [0.15, 0.2) is 22.9 Å². The summed E-state index contributed by atoms with van der Waals surface area (Å²) in [6, 6.07) is 3.48. The predicted molar refractivity (Wildman–Crippen MR) is 48.7 cm³/mol. The van der Waals surface area contributed by atoms with Gasteiger partial charge in [0, 0.05) is 11.8 Å². The molecule has 11 heavy (non-hydrogen) atoms. The molecule has 0 atom stereocenters. The van der Waals surface area contributed by atoms with Gasteiger partial charge in [0.15, 0.2) is 5.78 Å². The summed E-state index contributed by atoms with van der Waals surface area (Å²) in [5.41, 5.74) is 0.642. The fraction of sp³-hybridized carbons (Fsp3) is 0.250. The maximum Gasteiger partial charge on any atom is 0.161 e. The first-order chi connectivity index (χ1) is 4.70. The number of rotatable bonds is 1. The number of nitrogens with zero attached hydrogens (tertiary/aromatic N) is 1. The predicted octanol–water partition coefficient (Wildman–Crippen LogP) is 2.68. The van der Waals surface area contributed by atoms with Gasteiger partial charge in [-0.3, -0.25) is 4.79 Å². The first-order valence-corrected chi connectivity index (χ1v) is 3.62. The van der Waals surface area contributed by atoms with Gasteiger partial charge in [-0.05, 0) is 35.0 Å². The molecule has 0 aromatic carbocycles. The summed E-state index contributed by atoms with van der Waals surface area (Å²) in [5, 5.41) is 0. The highest BCUT2D eigenvalue weighted by atomic mass is 79.9. The summed E-state index contributed by atoms with van der Waals surface area (Å²) in [4.78, 5) is 14.6. The van der Waals surface area contributed by atoms with Crippen LogP contribution in [0.4, 0.5) is 0 Å². The third kappa shape index (κ3) is 2.80. The van der Waals surface area contributed by atoms with Crippen molar-refractivity contribution >= 4 is 21.7 Å². The Morgan fingerprint density at radius 1 is 1.55 bits per heavy atom. The third-order valence-corrected chi connectivity index (χ3v) is 1.60. The van der Waals surface area contributed by atoms with Crippen LogP contribution in [0.25, 0.3) is 0 Å². The Morgan fingerprint density at radius 2 is 2.18 bits per heavy atom. The van der Waals surface area contributed by atoms with Gasteiger partial charge in [0.25, 0.3) is 0 Å². The quantitative estimate of drug-likeness (QED) is 0.533. The Morgan fingerprint density at radius 3 is 2.55 bits per heavy atom. The molecule has 0 N–H and O–H groups in total. The van der Waals surface area contributed by atoms with Crippen molar-refractivity contribution < 1.29 is 4.79 Å². The first-order valence-electron chi connectivity index (χ1n) is 2.82. The molecule has 0 bridgehead atoms. The molecule has 0 aliphatic rings. The summed E-state index contributed by atoms with van der Waals surface area (Å²) >= 11 is 3.17. The van der Waals surface area contributed by atoms with Crippen LogP contribution in [0.1, 0.15) is 24.7 Å². The Bertz CT molecular complexity index is 243. The Kier molecular flexibility index (Phi) is 3.97. The van der Waals surface area contributed by atoms with Crippen LogP contribution < -0.4 is 0 Å². The number of hydrogen-bond acceptors (Lipinski definition) is 2. The van der Waals surface area contributed by atoms with Crippen molar-refractivity contribution in [2.24, 2.45) is 0 Å². The van der Waals surface area contributed by atoms with E-state index in [1.54, 1.807) is 18.3 Å². The van der Waals surface area contributed by atoms with Crippen LogP contribution in [0.5, 0.6) is 0 Å². The van der Waals surface area contributed by atoms with Crippen molar-refractivity contribution in [3.63, 3.8) is 0 Å². The monoisotopic (exact) mass is 215 g/mol. The van der Waals surface area contributed by atoms with E-state index in [1.165, 1.54) is 6.92 Å². The molecule has 0 unspecified atom stereocenters. The van der Waals surface area contributed by atoms with Gasteiger partial charge in [-0.1, -0.05) is 7.43 Å². The molecule has 2 nitrogen and oxygen atoms in total. The van der Waals surface area contributed by atoms with Gasteiger partial charge in [-0.2, -0.15) is 0 Å². The highest BCUT2D eigenvalue weighted by molar-refractivity contribution is 9.10. The minimum atomic E-state index is 0. The van der Waals surface area contributed by atoms with E-state index in [9.17, 15) is 4.79 Å². The smallest absolute Gasteiger partial charge is 0.161 e. The molecule has 1 rings (SSSR count). The van der Waals surface area contributed by atoms with E-state index >= 15 is 0 Å². The number of hydrogen-bond donors (Lipinski definition) is 0. The molecule has 1 aromatic heterocycles. The fourth-order valence-corrected chi connectivity index (χ4v) is 0.819. The zero-order valence-electron chi connectivity index (χ0n) is 5.47. The SMILES string of the molecule is C.CC(=O)c1ccc(Br)nc1. The second-order valence-electron chi connectivity index (χ2n) is 1.93. The second-order valence-corrected chi connectivity index (χ2v) is 2.74. The summed E-state index contributed by atoms with van der Waals surface area (Å²) in [5.74, 6) is 0.0417. The van der Waals surface area contributed by atoms with Crippen LogP contribution in [0.3, 0.4) is 0 Å². The number of carbonyl (C=O) groups is 1. The summed E-state index contributed by atoms with van der Waals surface area (Å²) in [6.07, 6.45) is 1.55. The molecule has 1 aromatic rings. The maximum absolute atomic E-state index is 10.7. The van der Waals surface area contributed by atoms with Crippen LogP contribution in [0, 0.1) is 0 Å². The van der Waals surface area contributed by atoms with E-state index in [2.05, 4.69) is 20.9 Å². The van der Waals surface area contributed by atoms with Gasteiger partial charge in [0.1, 0.15) is 4.60 Å². The molecule has 0 aliphatic carbocycles. The number of Topliss-reactive ketones (excluding diaryl/α,β-unsaturated/α-hetero) is 1. The van der Waals surface area contributed by atoms with Crippen molar-refractivity contribution in [2.45, 2.75) is 14.4 Å². The minimum absolute atomic E-state index is 0. The average Bonchev–Trinajstić information content (AvgIpc) is 1.88. The lowest BCUT2D eigenvalue weighted by Crippen LogP contribution is -1.91. The maximum atomic E-state index is 10.7. The van der Waals surface area contributed by atoms with Crippen molar-refractivity contribution in [1.29, 1.82) is 0 Å². The number of carbonyl (C=O) groups excluding carboxylic acids is 1. The number of ketones is 1. The lowest BCUT2D eigenvalue weighted by Gasteiger charge is -1.92. The Labute approximate surface area is 74.8 Å². The number of aromatic nitrogens is 1. The minimum Gasteiger partial charge on any atom is -0.294 e. The van der Waals surface area contributed by atoms with Crippen LogP contribution in [0.2, 0.25) is 0 Å². The molecule has 60 valence electrons. The molecular formula is C8H10BrNO. The normalized spacial score (nSPS) is 8.55. The highest BCUT2D eigenvalue weighted by Gasteiger charge is 1.96. The third-order valence-electron chi connectivity index (χ3n) is 1.13. The largest absolute Gasteiger partial charge is 0.294 e. The second kappa shape index (κ2) is 4.23. The van der Waals surface area contributed by atoms with E-state index in [1.807, 2.05) is 0 Å². The molecule has 0 saturated heterocycles. The Balaban J connectivity index is 0.000001000. The van der Waals surface area contributed by atoms with E-state index in [-0.39, 0.29) is 13.2 Å². The zero-order valence-corrected chi connectivity index (χ0v) is 7.05. The number of pyridine rings is 1. The van der Waals surface area contributed by atoms with Crippen LogP contribution in [-0.2, 0) is 0 Å². The van der Waals surface area contributed by atoms with Crippen LogP contribution >= 0.6 is 15.9 Å². The van der Waals surface area contributed by atoms with E-state index in [0.717, 1.165) is 4.60 Å². The molecule has 0 fully saturated rings. The lowest BCUT2D eigenvalue weighted by atomic mass is 10.2. The summed E-state index contributed by atoms with van der Waals surface area (Å²) < 4.78 is 0.748. The van der Waals surface area contributed by atoms with Gasteiger partial charge in [0.05, 0.1) is 0 Å². The molecule has 3 heteroatoms. The van der Waals surface area contributed by atoms with Crippen molar-refractivity contribution in [1.82, 2.24) is 4.98 Å². The standard InChI is InChI=1S/C7H6BrNO.CH4/c1-5(10)6-2-3-7(8)9-4-6;/h2-4H,1H3;1H4. The molecule has 0 amide bonds. The summed E-state index contributed by atoms with van der Waals surface area (Å²) in [7, 11) is 0. The molecule has 0 aliphatic heterocycles. The van der Waals surface area contributed by atoms with Gasteiger partial charge >= 0.3 is 0 Å². The van der Waals surface area contributed by atoms with Gasteiger partial charge in [0.2, 0.25) is 0 Å².